The van der Waals surface area contributed by atoms with Crippen LogP contribution in [0.1, 0.15) is 38.7 Å². The summed E-state index contributed by atoms with van der Waals surface area (Å²) in [6, 6.07) is 7.17. The van der Waals surface area contributed by atoms with Crippen molar-refractivity contribution in [1.82, 2.24) is 4.90 Å². The molecule has 1 aromatic rings. The first-order valence-electron chi connectivity index (χ1n) is 7.06. The number of carbonyl (C=O) groups excluding carboxylic acids is 1. The SMILES string of the molecule is CCC(C)N(CC(=O)O)C(=O)C(C)c1cccc(OC)c1. The minimum Gasteiger partial charge on any atom is -0.497 e. The van der Waals surface area contributed by atoms with E-state index in [2.05, 4.69) is 0 Å². The van der Waals surface area contributed by atoms with Crippen LogP contribution in [0.4, 0.5) is 0 Å². The molecule has 21 heavy (non-hydrogen) atoms. The van der Waals surface area contributed by atoms with Crippen molar-refractivity contribution < 1.29 is 19.4 Å². The normalized spacial score (nSPS) is 13.3. The van der Waals surface area contributed by atoms with E-state index in [1.165, 1.54) is 4.90 Å². The summed E-state index contributed by atoms with van der Waals surface area (Å²) in [5.41, 5.74) is 0.818. The molecule has 0 aliphatic heterocycles. The van der Waals surface area contributed by atoms with Gasteiger partial charge in [0.25, 0.3) is 0 Å². The molecule has 1 amide bonds. The zero-order chi connectivity index (χ0) is 16.0. The highest BCUT2D eigenvalue weighted by molar-refractivity contribution is 5.86. The first kappa shape index (κ1) is 17.0. The van der Waals surface area contributed by atoms with Gasteiger partial charge in [-0.05, 0) is 38.0 Å². The van der Waals surface area contributed by atoms with Gasteiger partial charge in [-0.2, -0.15) is 0 Å². The fourth-order valence-electron chi connectivity index (χ4n) is 2.12. The van der Waals surface area contributed by atoms with E-state index in [0.717, 1.165) is 5.56 Å². The Bertz CT molecular complexity index is 501. The van der Waals surface area contributed by atoms with E-state index < -0.39 is 11.9 Å². The van der Waals surface area contributed by atoms with Gasteiger partial charge in [-0.15, -0.1) is 0 Å². The number of carbonyl (C=O) groups is 2. The molecule has 1 N–H and O–H groups in total. The lowest BCUT2D eigenvalue weighted by Gasteiger charge is -2.29. The number of ether oxygens (including phenoxy) is 1. The number of hydrogen-bond donors (Lipinski definition) is 1. The number of carboxylic acids is 1. The summed E-state index contributed by atoms with van der Waals surface area (Å²) < 4.78 is 5.16. The van der Waals surface area contributed by atoms with Crippen LogP contribution in [-0.2, 0) is 9.59 Å². The maximum Gasteiger partial charge on any atom is 0.323 e. The number of nitrogens with zero attached hydrogens (tertiary/aromatic N) is 1. The van der Waals surface area contributed by atoms with E-state index in [9.17, 15) is 9.59 Å². The molecular weight excluding hydrogens is 270 g/mol. The molecule has 0 radical (unpaired) electrons. The molecule has 0 saturated heterocycles. The van der Waals surface area contributed by atoms with E-state index in [1.54, 1.807) is 20.1 Å². The molecule has 0 aliphatic carbocycles. The highest BCUT2D eigenvalue weighted by Gasteiger charge is 2.27. The predicted octanol–water partition coefficient (Wildman–Crippen LogP) is 2.51. The second-order valence-electron chi connectivity index (χ2n) is 5.12. The molecular formula is C16H23NO4. The quantitative estimate of drug-likeness (QED) is 0.839. The second kappa shape index (κ2) is 7.67. The van der Waals surface area contributed by atoms with Gasteiger partial charge >= 0.3 is 5.97 Å². The van der Waals surface area contributed by atoms with Crippen molar-refractivity contribution >= 4 is 11.9 Å². The lowest BCUT2D eigenvalue weighted by atomic mass is 9.98. The van der Waals surface area contributed by atoms with Crippen molar-refractivity contribution in [3.8, 4) is 5.75 Å². The third-order valence-electron chi connectivity index (χ3n) is 3.68. The van der Waals surface area contributed by atoms with E-state index in [4.69, 9.17) is 9.84 Å². The molecule has 116 valence electrons. The summed E-state index contributed by atoms with van der Waals surface area (Å²) in [7, 11) is 1.57. The number of carboxylic acid groups (broad SMARTS) is 1. The largest absolute Gasteiger partial charge is 0.497 e. The van der Waals surface area contributed by atoms with E-state index in [-0.39, 0.29) is 18.5 Å². The highest BCUT2D eigenvalue weighted by Crippen LogP contribution is 2.23. The Morgan fingerprint density at radius 1 is 1.33 bits per heavy atom. The van der Waals surface area contributed by atoms with Gasteiger partial charge in [-0.1, -0.05) is 19.1 Å². The molecule has 0 fully saturated rings. The molecule has 0 spiro atoms. The van der Waals surface area contributed by atoms with Crippen LogP contribution in [-0.4, -0.2) is 41.6 Å². The third-order valence-corrected chi connectivity index (χ3v) is 3.68. The van der Waals surface area contributed by atoms with Crippen LogP contribution in [0.25, 0.3) is 0 Å². The Balaban J connectivity index is 2.98. The zero-order valence-electron chi connectivity index (χ0n) is 13.0. The standard InChI is InChI=1S/C16H23NO4/c1-5-11(2)17(10-15(18)19)16(20)12(3)13-7-6-8-14(9-13)21-4/h6-9,11-12H,5,10H2,1-4H3,(H,18,19). The lowest BCUT2D eigenvalue weighted by Crippen LogP contribution is -2.43. The summed E-state index contributed by atoms with van der Waals surface area (Å²) in [4.78, 5) is 25.0. The monoisotopic (exact) mass is 293 g/mol. The van der Waals surface area contributed by atoms with Crippen molar-refractivity contribution in [2.45, 2.75) is 39.2 Å². The van der Waals surface area contributed by atoms with Crippen molar-refractivity contribution in [3.05, 3.63) is 29.8 Å². The first-order chi connectivity index (χ1) is 9.90. The number of benzene rings is 1. The van der Waals surface area contributed by atoms with E-state index in [0.29, 0.717) is 12.2 Å². The fourth-order valence-corrected chi connectivity index (χ4v) is 2.12. The van der Waals surface area contributed by atoms with Crippen LogP contribution in [0.2, 0.25) is 0 Å². The number of amides is 1. The van der Waals surface area contributed by atoms with Crippen LogP contribution in [0.3, 0.4) is 0 Å². The van der Waals surface area contributed by atoms with Crippen LogP contribution < -0.4 is 4.74 Å². The molecule has 1 aromatic carbocycles. The molecule has 0 aliphatic rings. The van der Waals surface area contributed by atoms with E-state index >= 15 is 0 Å². The van der Waals surface area contributed by atoms with Gasteiger partial charge in [0.1, 0.15) is 12.3 Å². The molecule has 2 atom stereocenters. The van der Waals surface area contributed by atoms with Crippen LogP contribution in [0.15, 0.2) is 24.3 Å². The van der Waals surface area contributed by atoms with Gasteiger partial charge in [0.05, 0.1) is 13.0 Å². The zero-order valence-corrected chi connectivity index (χ0v) is 13.0. The predicted molar refractivity (Wildman–Crippen MR) is 80.5 cm³/mol. The van der Waals surface area contributed by atoms with Crippen LogP contribution in [0.5, 0.6) is 5.75 Å². The van der Waals surface area contributed by atoms with E-state index in [1.807, 2.05) is 32.0 Å². The molecule has 1 rings (SSSR count). The average molecular weight is 293 g/mol. The number of rotatable bonds is 7. The Kier molecular flexibility index (Phi) is 6.21. The van der Waals surface area contributed by atoms with Crippen molar-refractivity contribution in [2.75, 3.05) is 13.7 Å². The van der Waals surface area contributed by atoms with Gasteiger partial charge in [0.2, 0.25) is 5.91 Å². The summed E-state index contributed by atoms with van der Waals surface area (Å²) in [6.07, 6.45) is 0.712. The van der Waals surface area contributed by atoms with Crippen molar-refractivity contribution in [2.24, 2.45) is 0 Å². The van der Waals surface area contributed by atoms with Crippen LogP contribution >= 0.6 is 0 Å². The van der Waals surface area contributed by atoms with Gasteiger partial charge < -0.3 is 14.7 Å². The molecule has 0 bridgehead atoms. The fraction of sp³-hybridized carbons (Fsp3) is 0.500. The van der Waals surface area contributed by atoms with Crippen LogP contribution in [0, 0.1) is 0 Å². The van der Waals surface area contributed by atoms with Gasteiger partial charge in [0, 0.05) is 6.04 Å². The first-order valence-corrected chi connectivity index (χ1v) is 7.06. The lowest BCUT2D eigenvalue weighted by molar-refractivity contribution is -0.146. The molecule has 0 aromatic heterocycles. The number of hydrogen-bond acceptors (Lipinski definition) is 3. The molecule has 5 nitrogen and oxygen atoms in total. The highest BCUT2D eigenvalue weighted by atomic mass is 16.5. The van der Waals surface area contributed by atoms with Crippen molar-refractivity contribution in [1.29, 1.82) is 0 Å². The number of methoxy groups -OCH3 is 1. The summed E-state index contributed by atoms with van der Waals surface area (Å²) >= 11 is 0. The number of aliphatic carboxylic acids is 1. The molecule has 0 saturated carbocycles. The Morgan fingerprint density at radius 3 is 2.52 bits per heavy atom. The van der Waals surface area contributed by atoms with Gasteiger partial charge in [0.15, 0.2) is 0 Å². The molecule has 0 heterocycles. The maximum absolute atomic E-state index is 12.6. The van der Waals surface area contributed by atoms with Gasteiger partial charge in [-0.3, -0.25) is 9.59 Å². The summed E-state index contributed by atoms with van der Waals surface area (Å²) in [5.74, 6) is -0.907. The minimum atomic E-state index is -0.999. The third kappa shape index (κ3) is 4.48. The Morgan fingerprint density at radius 2 is 2.00 bits per heavy atom. The average Bonchev–Trinajstić information content (AvgIpc) is 2.50. The minimum absolute atomic E-state index is 0.110. The Hall–Kier alpha value is -2.04. The van der Waals surface area contributed by atoms with Crippen molar-refractivity contribution in [3.63, 3.8) is 0 Å². The Labute approximate surface area is 125 Å². The topological polar surface area (TPSA) is 66.8 Å². The molecule has 5 heteroatoms. The molecule has 2 unspecified atom stereocenters. The second-order valence-corrected chi connectivity index (χ2v) is 5.12. The summed E-state index contributed by atoms with van der Waals surface area (Å²) in [5, 5.41) is 9.00. The maximum atomic E-state index is 12.6. The smallest absolute Gasteiger partial charge is 0.323 e. The van der Waals surface area contributed by atoms with Gasteiger partial charge in [-0.25, -0.2) is 0 Å². The summed E-state index contributed by atoms with van der Waals surface area (Å²) in [6.45, 7) is 5.30.